The predicted molar refractivity (Wildman–Crippen MR) is 271 cm³/mol. The van der Waals surface area contributed by atoms with Crippen LogP contribution in [0.25, 0.3) is 0 Å². The molecular weight excluding hydrogens is 771 g/mol. The summed E-state index contributed by atoms with van der Waals surface area (Å²) in [5.41, 5.74) is 2.90. The Hall–Kier alpha value is -0.940. The van der Waals surface area contributed by atoms with Crippen LogP contribution in [0.2, 0.25) is 0 Å². The van der Waals surface area contributed by atoms with Gasteiger partial charge in [0.1, 0.15) is 0 Å². The van der Waals surface area contributed by atoms with Crippen LogP contribution in [-0.4, -0.2) is 63.7 Å². The second-order valence-corrected chi connectivity index (χ2v) is 23.1. The maximum Gasteiger partial charge on any atom is 0.0934 e. The van der Waals surface area contributed by atoms with E-state index in [1.165, 1.54) is 173 Å². The number of hydrogen-bond acceptors (Lipinski definition) is 4. The Balaban J connectivity index is 0.954. The Labute approximate surface area is 392 Å². The molecule has 0 bridgehead atoms. The first kappa shape index (κ1) is 53.0. The van der Waals surface area contributed by atoms with E-state index in [9.17, 15) is 0 Å². The van der Waals surface area contributed by atoms with E-state index in [4.69, 9.17) is 14.2 Å². The zero-order valence-corrected chi connectivity index (χ0v) is 43.0. The number of rotatable bonds is 32. The Morgan fingerprint density at radius 1 is 0.746 bits per heavy atom. The van der Waals surface area contributed by atoms with Gasteiger partial charge in [-0.3, -0.25) is 4.90 Å². The highest BCUT2D eigenvalue weighted by atomic mass is 16.5. The minimum absolute atomic E-state index is 0.161. The molecule has 1 saturated heterocycles. The lowest BCUT2D eigenvalue weighted by molar-refractivity contribution is -0.0478. The molecule has 0 radical (unpaired) electrons. The van der Waals surface area contributed by atoms with Crippen molar-refractivity contribution in [2.24, 2.45) is 52.3 Å². The Bertz CT molecular complexity index is 1310. The summed E-state index contributed by atoms with van der Waals surface area (Å²) in [6.45, 7) is 20.8. The molecular formula is C59H105NO3. The van der Waals surface area contributed by atoms with Crippen LogP contribution < -0.4 is 0 Å². The van der Waals surface area contributed by atoms with Crippen molar-refractivity contribution in [1.82, 2.24) is 4.90 Å². The third kappa shape index (κ3) is 17.0. The number of allylic oxidation sites excluding steroid dienone is 6. The van der Waals surface area contributed by atoms with E-state index in [2.05, 4.69) is 76.8 Å². The highest BCUT2D eigenvalue weighted by Crippen LogP contribution is 2.67. The molecule has 3 saturated carbocycles. The average molecular weight is 876 g/mol. The minimum Gasteiger partial charge on any atom is -0.380 e. The second kappa shape index (κ2) is 29.1. The van der Waals surface area contributed by atoms with E-state index in [-0.39, 0.29) is 6.10 Å². The highest BCUT2D eigenvalue weighted by Gasteiger charge is 2.58. The number of fused-ring (bicyclic) bond motifs is 5. The zero-order valence-electron chi connectivity index (χ0n) is 43.0. The summed E-state index contributed by atoms with van der Waals surface area (Å²) >= 11 is 0. The van der Waals surface area contributed by atoms with Crippen molar-refractivity contribution in [3.05, 3.63) is 36.0 Å². The SMILES string of the molecule is CCCCC/C=C\C/C=C\CCCCCCCCCCOCC(CN1CCC(OC)C1)OCCC[C@H]1CC[C@@]2(C)C(=CCC[C@@H]3[C@@H]4CC[C@H]([C@H](C)CCCC(C)C)[C@@]4(C)CC[C@@H]32)C1. The number of methoxy groups -OCH3 is 1. The number of ether oxygens (including phenoxy) is 3. The predicted octanol–water partition coefficient (Wildman–Crippen LogP) is 16.5. The quantitative estimate of drug-likeness (QED) is 0.0498. The van der Waals surface area contributed by atoms with Crippen LogP contribution in [0.4, 0.5) is 0 Å². The fraction of sp³-hybridized carbons (Fsp3) is 0.898. The number of hydrogen-bond donors (Lipinski definition) is 0. The molecule has 4 fully saturated rings. The molecule has 5 rings (SSSR count). The molecule has 5 aliphatic rings. The molecule has 4 heteroatoms. The molecule has 2 unspecified atom stereocenters. The lowest BCUT2D eigenvalue weighted by Crippen LogP contribution is -2.48. The summed E-state index contributed by atoms with van der Waals surface area (Å²) in [6.07, 6.45) is 52.0. The summed E-state index contributed by atoms with van der Waals surface area (Å²) in [6, 6.07) is 0. The average Bonchev–Trinajstić information content (AvgIpc) is 3.84. The third-order valence-corrected chi connectivity index (χ3v) is 18.1. The number of unbranched alkanes of at least 4 members (excludes halogenated alkanes) is 11. The van der Waals surface area contributed by atoms with Crippen molar-refractivity contribution < 1.29 is 14.2 Å². The molecule has 1 aliphatic heterocycles. The van der Waals surface area contributed by atoms with Crippen molar-refractivity contribution in [3.63, 3.8) is 0 Å². The van der Waals surface area contributed by atoms with E-state index in [1.54, 1.807) is 0 Å². The zero-order chi connectivity index (χ0) is 44.8. The van der Waals surface area contributed by atoms with Gasteiger partial charge in [0, 0.05) is 40.0 Å². The number of nitrogens with zero attached hydrogens (tertiary/aromatic N) is 1. The summed E-state index contributed by atoms with van der Waals surface area (Å²) in [5.74, 6) is 6.36. The standard InChI is InChI=1S/C59H105NO3/c1-8-9-10-11-12-13-14-15-16-17-18-19-20-21-22-23-24-25-42-62-47-53(46-60-41-38-52(45-60)61-7)63-43-28-31-50-36-39-58(5)51(44-50)32-27-33-54-56-35-34-55(49(4)30-26-29-48(2)3)59(56,6)40-37-57(54)58/h12-13,15-16,32,48-50,52-57H,8-11,14,17-31,33-47H2,1-7H3/b13-12-,16-15-/t49-,50+,52?,53?,54-,55-,56+,57+,58+,59-/m1/s1. The molecule has 1 heterocycles. The summed E-state index contributed by atoms with van der Waals surface area (Å²) in [5, 5.41) is 0. The van der Waals surface area contributed by atoms with Crippen LogP contribution in [0.5, 0.6) is 0 Å². The van der Waals surface area contributed by atoms with Crippen molar-refractivity contribution in [2.45, 2.75) is 240 Å². The van der Waals surface area contributed by atoms with Gasteiger partial charge in [-0.25, -0.2) is 0 Å². The van der Waals surface area contributed by atoms with E-state index in [1.807, 2.05) is 12.7 Å². The molecule has 4 nitrogen and oxygen atoms in total. The second-order valence-electron chi connectivity index (χ2n) is 23.1. The molecule has 0 aromatic heterocycles. The molecule has 10 atom stereocenters. The Kier molecular flexibility index (Phi) is 24.5. The first-order valence-electron chi connectivity index (χ1n) is 28.1. The van der Waals surface area contributed by atoms with Crippen LogP contribution in [0.3, 0.4) is 0 Å². The molecule has 4 aliphatic carbocycles. The van der Waals surface area contributed by atoms with Crippen molar-refractivity contribution in [2.75, 3.05) is 46.6 Å². The molecule has 0 N–H and O–H groups in total. The highest BCUT2D eigenvalue weighted by molar-refractivity contribution is 5.23. The number of likely N-dealkylation sites (tertiary alicyclic amines) is 1. The molecule has 0 spiro atoms. The van der Waals surface area contributed by atoms with Gasteiger partial charge in [0.05, 0.1) is 18.8 Å². The van der Waals surface area contributed by atoms with Gasteiger partial charge in [0.15, 0.2) is 0 Å². The summed E-state index contributed by atoms with van der Waals surface area (Å²) in [7, 11) is 1.86. The molecule has 63 heavy (non-hydrogen) atoms. The van der Waals surface area contributed by atoms with E-state index in [0.717, 1.165) is 93.7 Å². The van der Waals surface area contributed by atoms with Crippen LogP contribution in [0, 0.1) is 52.3 Å². The van der Waals surface area contributed by atoms with Gasteiger partial charge < -0.3 is 14.2 Å². The van der Waals surface area contributed by atoms with E-state index < -0.39 is 0 Å². The molecule has 0 amide bonds. The Morgan fingerprint density at radius 3 is 2.22 bits per heavy atom. The summed E-state index contributed by atoms with van der Waals surface area (Å²) < 4.78 is 18.7. The van der Waals surface area contributed by atoms with Crippen LogP contribution in [0.1, 0.15) is 228 Å². The van der Waals surface area contributed by atoms with Gasteiger partial charge in [-0.2, -0.15) is 0 Å². The normalized spacial score (nSPS) is 31.1. The first-order valence-corrected chi connectivity index (χ1v) is 28.1. The fourth-order valence-corrected chi connectivity index (χ4v) is 14.2. The molecule has 0 aromatic rings. The summed E-state index contributed by atoms with van der Waals surface area (Å²) in [4.78, 5) is 2.55. The smallest absolute Gasteiger partial charge is 0.0934 e. The lowest BCUT2D eigenvalue weighted by atomic mass is 9.49. The van der Waals surface area contributed by atoms with Gasteiger partial charge in [-0.1, -0.05) is 148 Å². The van der Waals surface area contributed by atoms with Crippen LogP contribution >= 0.6 is 0 Å². The van der Waals surface area contributed by atoms with Gasteiger partial charge >= 0.3 is 0 Å². The van der Waals surface area contributed by atoms with Crippen LogP contribution in [-0.2, 0) is 14.2 Å². The van der Waals surface area contributed by atoms with Crippen molar-refractivity contribution in [1.29, 1.82) is 0 Å². The van der Waals surface area contributed by atoms with Gasteiger partial charge in [0.25, 0.3) is 0 Å². The maximum atomic E-state index is 6.70. The van der Waals surface area contributed by atoms with Crippen LogP contribution in [0.15, 0.2) is 36.0 Å². The molecule has 364 valence electrons. The lowest BCUT2D eigenvalue weighted by Gasteiger charge is -2.56. The largest absolute Gasteiger partial charge is 0.380 e. The molecule has 0 aromatic carbocycles. The topological polar surface area (TPSA) is 30.9 Å². The van der Waals surface area contributed by atoms with Gasteiger partial charge in [0.2, 0.25) is 0 Å². The van der Waals surface area contributed by atoms with E-state index in [0.29, 0.717) is 16.9 Å². The fourth-order valence-electron chi connectivity index (χ4n) is 14.2. The van der Waals surface area contributed by atoms with Gasteiger partial charge in [-0.05, 0) is 168 Å². The van der Waals surface area contributed by atoms with E-state index >= 15 is 0 Å². The first-order chi connectivity index (χ1) is 30.7. The maximum absolute atomic E-state index is 6.70. The van der Waals surface area contributed by atoms with Crippen molar-refractivity contribution in [3.8, 4) is 0 Å². The van der Waals surface area contributed by atoms with Gasteiger partial charge in [-0.15, -0.1) is 0 Å². The minimum atomic E-state index is 0.161. The third-order valence-electron chi connectivity index (χ3n) is 18.1. The monoisotopic (exact) mass is 876 g/mol. The Morgan fingerprint density at radius 2 is 1.49 bits per heavy atom. The van der Waals surface area contributed by atoms with Crippen molar-refractivity contribution >= 4 is 0 Å².